The minimum absolute atomic E-state index is 0. The van der Waals surface area contributed by atoms with Gasteiger partial charge in [0.25, 0.3) is 0 Å². The highest BCUT2D eigenvalue weighted by Crippen LogP contribution is 2.14. The van der Waals surface area contributed by atoms with Gasteiger partial charge in [-0.05, 0) is 52.0 Å². The lowest BCUT2D eigenvalue weighted by atomic mass is 9.92. The first-order valence-electron chi connectivity index (χ1n) is 8.43. The van der Waals surface area contributed by atoms with Gasteiger partial charge in [-0.1, -0.05) is 0 Å². The smallest absolute Gasteiger partial charge is 0.227 e. The quantitative estimate of drug-likeness (QED) is 0.304. The Morgan fingerprint density at radius 2 is 1.85 bits per heavy atom. The van der Waals surface area contributed by atoms with Crippen molar-refractivity contribution >= 4 is 35.8 Å². The summed E-state index contributed by atoms with van der Waals surface area (Å²) in [5, 5.41) is 9.12. The summed E-state index contributed by atoms with van der Waals surface area (Å²) in [6, 6.07) is 5.90. The van der Waals surface area contributed by atoms with Crippen molar-refractivity contribution in [2.75, 3.05) is 26.7 Å². The maximum Gasteiger partial charge on any atom is 0.227 e. The van der Waals surface area contributed by atoms with Crippen molar-refractivity contribution in [1.82, 2.24) is 16.0 Å². The molecule has 1 aromatic rings. The topological polar surface area (TPSA) is 74.8 Å². The Morgan fingerprint density at radius 1 is 1.23 bits per heavy atom. The van der Waals surface area contributed by atoms with E-state index in [-0.39, 0.29) is 41.8 Å². The molecule has 1 amide bonds. The van der Waals surface area contributed by atoms with Crippen LogP contribution in [0, 0.1) is 11.2 Å². The Labute approximate surface area is 172 Å². The molecule has 0 aliphatic rings. The average molecular weight is 480 g/mol. The number of aliphatic imine (C=N–C) groups is 1. The van der Waals surface area contributed by atoms with Crippen molar-refractivity contribution in [2.45, 2.75) is 33.8 Å². The van der Waals surface area contributed by atoms with Crippen molar-refractivity contribution in [3.8, 4) is 5.75 Å². The Bertz CT molecular complexity index is 579. The Morgan fingerprint density at radius 3 is 2.38 bits per heavy atom. The highest BCUT2D eigenvalue weighted by Gasteiger charge is 2.27. The second-order valence-corrected chi connectivity index (χ2v) is 6.43. The summed E-state index contributed by atoms with van der Waals surface area (Å²) in [5.74, 6) is 0.895. The number of hydrogen-bond donors (Lipinski definition) is 3. The summed E-state index contributed by atoms with van der Waals surface area (Å²) in [7, 11) is 1.67. The number of rotatable bonds is 8. The molecule has 0 heterocycles. The molecule has 1 rings (SSSR count). The van der Waals surface area contributed by atoms with Crippen LogP contribution in [0.4, 0.5) is 4.39 Å². The third kappa shape index (κ3) is 8.68. The van der Waals surface area contributed by atoms with E-state index in [2.05, 4.69) is 20.9 Å². The number of ether oxygens (including phenoxy) is 1. The van der Waals surface area contributed by atoms with E-state index in [1.165, 1.54) is 12.1 Å². The SMILES string of the molecule is CCNC(=O)C(C)(C)CNC(=NC)NCC(C)Oc1ccc(F)cc1.I. The zero-order chi connectivity index (χ0) is 18.9. The lowest BCUT2D eigenvalue weighted by Crippen LogP contribution is -2.49. The predicted octanol–water partition coefficient (Wildman–Crippen LogP) is 2.54. The molecule has 6 nitrogen and oxygen atoms in total. The van der Waals surface area contributed by atoms with Crippen LogP contribution in [-0.4, -0.2) is 44.7 Å². The molecular formula is C18H30FIN4O2. The van der Waals surface area contributed by atoms with Gasteiger partial charge in [-0.2, -0.15) is 0 Å². The van der Waals surface area contributed by atoms with Gasteiger partial charge in [-0.15, -0.1) is 24.0 Å². The molecule has 0 saturated heterocycles. The van der Waals surface area contributed by atoms with Crippen LogP contribution in [-0.2, 0) is 4.79 Å². The van der Waals surface area contributed by atoms with Gasteiger partial charge in [0, 0.05) is 20.1 Å². The summed E-state index contributed by atoms with van der Waals surface area (Å²) in [6.07, 6.45) is -0.139. The van der Waals surface area contributed by atoms with Gasteiger partial charge in [-0.25, -0.2) is 4.39 Å². The molecule has 1 unspecified atom stereocenters. The summed E-state index contributed by atoms with van der Waals surface area (Å²) in [6.45, 7) is 9.11. The molecule has 0 bridgehead atoms. The summed E-state index contributed by atoms with van der Waals surface area (Å²) in [4.78, 5) is 16.1. The number of benzene rings is 1. The van der Waals surface area contributed by atoms with E-state index in [9.17, 15) is 9.18 Å². The highest BCUT2D eigenvalue weighted by molar-refractivity contribution is 14.0. The Kier molecular flexibility index (Phi) is 11.2. The zero-order valence-electron chi connectivity index (χ0n) is 16.1. The van der Waals surface area contributed by atoms with Crippen molar-refractivity contribution in [3.05, 3.63) is 30.1 Å². The number of nitrogens with zero attached hydrogens (tertiary/aromatic N) is 1. The summed E-state index contributed by atoms with van der Waals surface area (Å²) < 4.78 is 18.6. The van der Waals surface area contributed by atoms with Crippen LogP contribution in [0.25, 0.3) is 0 Å². The molecule has 26 heavy (non-hydrogen) atoms. The fraction of sp³-hybridized carbons (Fsp3) is 0.556. The number of amides is 1. The fourth-order valence-electron chi connectivity index (χ4n) is 2.03. The number of carbonyl (C=O) groups excluding carboxylic acids is 1. The zero-order valence-corrected chi connectivity index (χ0v) is 18.4. The molecule has 0 aromatic heterocycles. The Balaban J connectivity index is 0.00000625. The summed E-state index contributed by atoms with van der Waals surface area (Å²) in [5.41, 5.74) is -0.552. The maximum absolute atomic E-state index is 12.9. The summed E-state index contributed by atoms with van der Waals surface area (Å²) >= 11 is 0. The Hall–Kier alpha value is -1.58. The van der Waals surface area contributed by atoms with E-state index in [0.717, 1.165) is 0 Å². The molecule has 0 radical (unpaired) electrons. The fourth-order valence-corrected chi connectivity index (χ4v) is 2.03. The number of carbonyl (C=O) groups is 1. The van der Waals surface area contributed by atoms with Crippen molar-refractivity contribution in [3.63, 3.8) is 0 Å². The van der Waals surface area contributed by atoms with Gasteiger partial charge in [0.2, 0.25) is 5.91 Å². The van der Waals surface area contributed by atoms with Crippen LogP contribution in [0.5, 0.6) is 5.75 Å². The van der Waals surface area contributed by atoms with Gasteiger partial charge in [0.05, 0.1) is 12.0 Å². The molecule has 1 atom stereocenters. The molecular weight excluding hydrogens is 450 g/mol. The predicted molar refractivity (Wildman–Crippen MR) is 114 cm³/mol. The molecule has 0 fully saturated rings. The van der Waals surface area contributed by atoms with E-state index in [0.29, 0.717) is 31.3 Å². The largest absolute Gasteiger partial charge is 0.489 e. The van der Waals surface area contributed by atoms with Crippen molar-refractivity contribution in [2.24, 2.45) is 10.4 Å². The van der Waals surface area contributed by atoms with Crippen LogP contribution in [0.3, 0.4) is 0 Å². The first-order chi connectivity index (χ1) is 11.8. The van der Waals surface area contributed by atoms with Gasteiger partial charge >= 0.3 is 0 Å². The molecule has 148 valence electrons. The number of guanidine groups is 1. The second-order valence-electron chi connectivity index (χ2n) is 6.43. The van der Waals surface area contributed by atoms with E-state index >= 15 is 0 Å². The monoisotopic (exact) mass is 480 g/mol. The molecule has 0 spiro atoms. The van der Waals surface area contributed by atoms with Gasteiger partial charge in [0.1, 0.15) is 17.7 Å². The van der Waals surface area contributed by atoms with Crippen LogP contribution >= 0.6 is 24.0 Å². The van der Waals surface area contributed by atoms with Gasteiger partial charge < -0.3 is 20.7 Å². The number of hydrogen-bond acceptors (Lipinski definition) is 3. The van der Waals surface area contributed by atoms with Gasteiger partial charge in [0.15, 0.2) is 5.96 Å². The lowest BCUT2D eigenvalue weighted by molar-refractivity contribution is -0.128. The lowest BCUT2D eigenvalue weighted by Gasteiger charge is -2.25. The second kappa shape index (κ2) is 11.9. The molecule has 8 heteroatoms. The van der Waals surface area contributed by atoms with Crippen LogP contribution in [0.1, 0.15) is 27.7 Å². The third-order valence-electron chi connectivity index (χ3n) is 3.58. The molecule has 3 N–H and O–H groups in total. The standard InChI is InChI=1S/C18H29FN4O2.HI/c1-6-21-16(24)18(3,4)12-23-17(20-5)22-11-13(2)25-15-9-7-14(19)8-10-15;/h7-10,13H,6,11-12H2,1-5H3,(H,21,24)(H2,20,22,23);1H. The average Bonchev–Trinajstić information content (AvgIpc) is 2.57. The van der Waals surface area contributed by atoms with Crippen LogP contribution in [0.15, 0.2) is 29.3 Å². The van der Waals surface area contributed by atoms with E-state index in [4.69, 9.17) is 4.74 Å². The third-order valence-corrected chi connectivity index (χ3v) is 3.58. The minimum Gasteiger partial charge on any atom is -0.489 e. The number of nitrogens with one attached hydrogen (secondary N) is 3. The van der Waals surface area contributed by atoms with E-state index in [1.807, 2.05) is 27.7 Å². The highest BCUT2D eigenvalue weighted by atomic mass is 127. The van der Waals surface area contributed by atoms with Crippen molar-refractivity contribution < 1.29 is 13.9 Å². The molecule has 1 aromatic carbocycles. The van der Waals surface area contributed by atoms with E-state index < -0.39 is 5.41 Å². The minimum atomic E-state index is -0.552. The van der Waals surface area contributed by atoms with Crippen molar-refractivity contribution in [1.29, 1.82) is 0 Å². The first kappa shape index (κ1) is 24.4. The molecule has 0 aliphatic heterocycles. The normalized spacial score (nSPS) is 12.6. The first-order valence-corrected chi connectivity index (χ1v) is 8.43. The maximum atomic E-state index is 12.9. The van der Waals surface area contributed by atoms with Gasteiger partial charge in [-0.3, -0.25) is 9.79 Å². The molecule has 0 saturated carbocycles. The van der Waals surface area contributed by atoms with Crippen LogP contribution < -0.4 is 20.7 Å². The van der Waals surface area contributed by atoms with Crippen LogP contribution in [0.2, 0.25) is 0 Å². The van der Waals surface area contributed by atoms with E-state index in [1.54, 1.807) is 19.2 Å². The number of halogens is 2. The molecule has 0 aliphatic carbocycles.